The van der Waals surface area contributed by atoms with Crippen molar-refractivity contribution in [2.24, 2.45) is 17.6 Å². The van der Waals surface area contributed by atoms with Crippen LogP contribution in [0.25, 0.3) is 0 Å². The Bertz CT molecular complexity index is 656. The molecule has 2 atom stereocenters. The molecule has 7 heteroatoms. The zero-order valence-electron chi connectivity index (χ0n) is 12.0. The molecule has 3 N–H and O–H groups in total. The maximum atomic E-state index is 13.2. The van der Waals surface area contributed by atoms with Crippen molar-refractivity contribution < 1.29 is 17.6 Å². The molecule has 1 aromatic carbocycles. The van der Waals surface area contributed by atoms with Gasteiger partial charge < -0.3 is 5.73 Å². The third kappa shape index (κ3) is 3.59. The second-order valence-corrected chi connectivity index (χ2v) is 7.29. The van der Waals surface area contributed by atoms with Gasteiger partial charge in [-0.05, 0) is 55.4 Å². The van der Waals surface area contributed by atoms with Crippen LogP contribution < -0.4 is 10.5 Å². The van der Waals surface area contributed by atoms with Crippen molar-refractivity contribution in [2.75, 3.05) is 0 Å². The summed E-state index contributed by atoms with van der Waals surface area (Å²) in [7, 11) is -4.03. The summed E-state index contributed by atoms with van der Waals surface area (Å²) >= 11 is 0. The average molecular weight is 314 g/mol. The number of aryl methyl sites for hydroxylation is 1. The van der Waals surface area contributed by atoms with E-state index in [0.29, 0.717) is 5.92 Å². The maximum absolute atomic E-state index is 13.2. The molecule has 0 aliphatic heterocycles. The predicted molar refractivity (Wildman–Crippen MR) is 76.3 cm³/mol. The number of hydrogen-bond donors (Lipinski definition) is 2. The normalized spacial score (nSPS) is 18.1. The number of hydrogen-bond acceptors (Lipinski definition) is 4. The van der Waals surface area contributed by atoms with Crippen molar-refractivity contribution in [3.8, 4) is 0 Å². The van der Waals surface area contributed by atoms with Gasteiger partial charge in [-0.1, -0.05) is 6.92 Å². The summed E-state index contributed by atoms with van der Waals surface area (Å²) in [6, 6.07) is 2.49. The number of sulfonamides is 1. The van der Waals surface area contributed by atoms with E-state index in [2.05, 4.69) is 0 Å². The fourth-order valence-electron chi connectivity index (χ4n) is 2.20. The fraction of sp³-hybridized carbons (Fsp3) is 0.500. The van der Waals surface area contributed by atoms with Gasteiger partial charge in [-0.15, -0.1) is 0 Å². The molecule has 1 saturated carbocycles. The largest absolute Gasteiger partial charge is 0.320 e. The highest BCUT2D eigenvalue weighted by Crippen LogP contribution is 2.37. The van der Waals surface area contributed by atoms with Crippen LogP contribution in [0.1, 0.15) is 25.3 Å². The molecule has 2 rings (SSSR count). The van der Waals surface area contributed by atoms with E-state index in [9.17, 15) is 17.6 Å². The molecular weight excluding hydrogens is 295 g/mol. The van der Waals surface area contributed by atoms with Crippen LogP contribution >= 0.6 is 0 Å². The lowest BCUT2D eigenvalue weighted by molar-refractivity contribution is -0.121. The highest BCUT2D eigenvalue weighted by molar-refractivity contribution is 7.90. The molecule has 1 amide bonds. The highest BCUT2D eigenvalue weighted by atomic mass is 32.2. The molecule has 1 aliphatic rings. The molecule has 1 fully saturated rings. The topological polar surface area (TPSA) is 89.3 Å². The molecule has 5 nitrogen and oxygen atoms in total. The second-order valence-electron chi connectivity index (χ2n) is 5.60. The number of carbonyl (C=O) groups excluding carboxylic acids is 1. The van der Waals surface area contributed by atoms with Gasteiger partial charge in [-0.2, -0.15) is 0 Å². The molecule has 0 radical (unpaired) electrons. The molecule has 0 bridgehead atoms. The summed E-state index contributed by atoms with van der Waals surface area (Å²) < 4.78 is 39.4. The van der Waals surface area contributed by atoms with E-state index < -0.39 is 27.8 Å². The van der Waals surface area contributed by atoms with Crippen LogP contribution in [0.5, 0.6) is 0 Å². The van der Waals surface area contributed by atoms with Gasteiger partial charge in [-0.25, -0.2) is 17.5 Å². The van der Waals surface area contributed by atoms with Crippen molar-refractivity contribution in [1.29, 1.82) is 0 Å². The Balaban J connectivity index is 2.12. The lowest BCUT2D eigenvalue weighted by atomic mass is 9.97. The van der Waals surface area contributed by atoms with E-state index in [0.717, 1.165) is 25.0 Å². The van der Waals surface area contributed by atoms with Gasteiger partial charge >= 0.3 is 0 Å². The first-order chi connectivity index (χ1) is 9.72. The van der Waals surface area contributed by atoms with E-state index in [4.69, 9.17) is 5.73 Å². The van der Waals surface area contributed by atoms with Crippen molar-refractivity contribution in [3.63, 3.8) is 0 Å². The van der Waals surface area contributed by atoms with Gasteiger partial charge in [0.15, 0.2) is 0 Å². The summed E-state index contributed by atoms with van der Waals surface area (Å²) in [5.74, 6) is -0.896. The van der Waals surface area contributed by atoms with Crippen molar-refractivity contribution in [3.05, 3.63) is 29.6 Å². The minimum Gasteiger partial charge on any atom is -0.320 e. The molecule has 116 valence electrons. The summed E-state index contributed by atoms with van der Waals surface area (Å²) in [5.41, 5.74) is 6.00. The van der Waals surface area contributed by atoms with Crippen molar-refractivity contribution in [2.45, 2.75) is 37.6 Å². The fourth-order valence-corrected chi connectivity index (χ4v) is 3.30. The van der Waals surface area contributed by atoms with Crippen molar-refractivity contribution in [1.82, 2.24) is 4.72 Å². The van der Waals surface area contributed by atoms with Crippen LogP contribution in [0.4, 0.5) is 4.39 Å². The summed E-state index contributed by atoms with van der Waals surface area (Å²) in [4.78, 5) is 11.8. The molecule has 0 spiro atoms. The van der Waals surface area contributed by atoms with Gasteiger partial charge in [0.1, 0.15) is 5.82 Å². The number of rotatable bonds is 5. The average Bonchev–Trinajstić information content (AvgIpc) is 3.23. The monoisotopic (exact) mass is 314 g/mol. The Hall–Kier alpha value is -1.47. The molecule has 0 heterocycles. The van der Waals surface area contributed by atoms with Gasteiger partial charge in [0.2, 0.25) is 0 Å². The Morgan fingerprint density at radius 3 is 2.57 bits per heavy atom. The van der Waals surface area contributed by atoms with E-state index in [1.165, 1.54) is 13.0 Å². The number of nitrogens with one attached hydrogen (secondary N) is 1. The van der Waals surface area contributed by atoms with Gasteiger partial charge in [0, 0.05) is 0 Å². The summed E-state index contributed by atoms with van der Waals surface area (Å²) in [6.45, 7) is 3.30. The first-order valence-corrected chi connectivity index (χ1v) is 8.29. The Labute approximate surface area is 123 Å². The predicted octanol–water partition coefficient (Wildman–Crippen LogP) is 1.31. The number of carbonyl (C=O) groups is 1. The van der Waals surface area contributed by atoms with Crippen LogP contribution in [-0.2, 0) is 14.8 Å². The minimum atomic E-state index is -4.03. The van der Waals surface area contributed by atoms with Crippen LogP contribution in [0.3, 0.4) is 0 Å². The van der Waals surface area contributed by atoms with Crippen molar-refractivity contribution >= 4 is 15.9 Å². The van der Waals surface area contributed by atoms with Crippen LogP contribution in [-0.4, -0.2) is 20.4 Å². The smallest absolute Gasteiger partial charge is 0.264 e. The molecule has 21 heavy (non-hydrogen) atoms. The summed E-state index contributed by atoms with van der Waals surface area (Å²) in [5, 5.41) is 0. The summed E-state index contributed by atoms with van der Waals surface area (Å²) in [6.07, 6.45) is 2.04. The molecule has 1 aliphatic carbocycles. The Morgan fingerprint density at radius 2 is 2.05 bits per heavy atom. The first-order valence-electron chi connectivity index (χ1n) is 6.81. The van der Waals surface area contributed by atoms with Gasteiger partial charge in [-0.3, -0.25) is 4.79 Å². The van der Waals surface area contributed by atoms with E-state index in [-0.39, 0.29) is 16.4 Å². The molecule has 0 aromatic heterocycles. The van der Waals surface area contributed by atoms with Crippen LogP contribution in [0.15, 0.2) is 23.1 Å². The number of benzene rings is 1. The quantitative estimate of drug-likeness (QED) is 0.857. The lowest BCUT2D eigenvalue weighted by Gasteiger charge is -2.18. The number of nitrogens with two attached hydrogens (primary N) is 1. The number of amides is 1. The van der Waals surface area contributed by atoms with Gasteiger partial charge in [0.05, 0.1) is 10.9 Å². The molecule has 1 aromatic rings. The SMILES string of the molecule is Cc1cc(S(=O)(=O)NC(=O)[C@H](N)[C@@H](C)C2CC2)ccc1F. The van der Waals surface area contributed by atoms with E-state index in [1.807, 2.05) is 11.6 Å². The highest BCUT2D eigenvalue weighted by Gasteiger charge is 2.36. The Morgan fingerprint density at radius 1 is 1.43 bits per heavy atom. The Kier molecular flexibility index (Phi) is 4.34. The second kappa shape index (κ2) is 5.73. The van der Waals surface area contributed by atoms with Crippen LogP contribution in [0, 0.1) is 24.6 Å². The minimum absolute atomic E-state index is 0.0600. The van der Waals surface area contributed by atoms with E-state index >= 15 is 0 Å². The third-order valence-corrected chi connectivity index (χ3v) is 5.25. The lowest BCUT2D eigenvalue weighted by Crippen LogP contribution is -2.47. The zero-order valence-corrected chi connectivity index (χ0v) is 12.8. The van der Waals surface area contributed by atoms with Gasteiger partial charge in [0.25, 0.3) is 15.9 Å². The van der Waals surface area contributed by atoms with E-state index in [1.54, 1.807) is 0 Å². The first kappa shape index (κ1) is 15.9. The zero-order chi connectivity index (χ0) is 15.8. The molecular formula is C14H19FN2O3S. The maximum Gasteiger partial charge on any atom is 0.264 e. The third-order valence-electron chi connectivity index (χ3n) is 3.91. The molecule has 0 unspecified atom stereocenters. The van der Waals surface area contributed by atoms with Crippen LogP contribution in [0.2, 0.25) is 0 Å². The standard InChI is InChI=1S/C14H19FN2O3S/c1-8-7-11(5-6-12(8)15)21(19,20)17-14(18)13(16)9(2)10-3-4-10/h5-7,9-10,13H,3-4,16H2,1-2H3,(H,17,18)/t9-,13+/m0/s1. The number of halogens is 1. The molecule has 0 saturated heterocycles.